The van der Waals surface area contributed by atoms with E-state index < -0.39 is 9.84 Å². The molecule has 0 aromatic heterocycles. The Balaban J connectivity index is 2.29. The van der Waals surface area contributed by atoms with Gasteiger partial charge in [0.25, 0.3) is 0 Å². The zero-order valence-corrected chi connectivity index (χ0v) is 13.3. The quantitative estimate of drug-likeness (QED) is 0.913. The largest absolute Gasteiger partial charge is 0.329 e. The molecule has 2 atom stereocenters. The van der Waals surface area contributed by atoms with Gasteiger partial charge in [-0.25, -0.2) is 8.42 Å². The van der Waals surface area contributed by atoms with Crippen LogP contribution in [0.3, 0.4) is 0 Å². The fraction of sp³-hybridized carbons (Fsp3) is 0.600. The van der Waals surface area contributed by atoms with Gasteiger partial charge in [-0.15, -0.1) is 0 Å². The summed E-state index contributed by atoms with van der Waals surface area (Å²) in [7, 11) is -0.872. The highest BCUT2D eigenvalue weighted by Crippen LogP contribution is 2.29. The van der Waals surface area contributed by atoms with Crippen LogP contribution in [0.25, 0.3) is 0 Å². The van der Waals surface area contributed by atoms with Crippen LogP contribution < -0.4 is 5.73 Å². The van der Waals surface area contributed by atoms with Crippen LogP contribution in [0.2, 0.25) is 0 Å². The van der Waals surface area contributed by atoms with E-state index in [1.807, 2.05) is 13.1 Å². The number of hydrogen-bond acceptors (Lipinski definition) is 4. The third-order valence-corrected chi connectivity index (χ3v) is 6.12. The first kappa shape index (κ1) is 15.5. The van der Waals surface area contributed by atoms with Gasteiger partial charge < -0.3 is 5.73 Å². The Labute approximate surface area is 121 Å². The maximum atomic E-state index is 11.7. The topological polar surface area (TPSA) is 63.4 Å². The van der Waals surface area contributed by atoms with Gasteiger partial charge in [0.05, 0.1) is 11.5 Å². The molecule has 1 fully saturated rings. The first-order valence-electron chi connectivity index (χ1n) is 7.04. The van der Waals surface area contributed by atoms with Crippen molar-refractivity contribution in [2.24, 2.45) is 5.73 Å². The molecule has 1 saturated heterocycles. The van der Waals surface area contributed by atoms with Gasteiger partial charge >= 0.3 is 0 Å². The van der Waals surface area contributed by atoms with E-state index >= 15 is 0 Å². The van der Waals surface area contributed by atoms with E-state index in [2.05, 4.69) is 30.9 Å². The zero-order valence-electron chi connectivity index (χ0n) is 12.5. The van der Waals surface area contributed by atoms with Gasteiger partial charge in [-0.3, -0.25) is 4.90 Å². The maximum Gasteiger partial charge on any atom is 0.151 e. The molecule has 0 spiro atoms. The molecule has 1 aliphatic heterocycles. The molecular weight excluding hydrogens is 272 g/mol. The maximum absolute atomic E-state index is 11.7. The second kappa shape index (κ2) is 5.84. The molecule has 112 valence electrons. The van der Waals surface area contributed by atoms with Gasteiger partial charge in [-0.1, -0.05) is 18.2 Å². The summed E-state index contributed by atoms with van der Waals surface area (Å²) in [6, 6.07) is 6.37. The first-order valence-corrected chi connectivity index (χ1v) is 8.86. The molecule has 0 amide bonds. The van der Waals surface area contributed by atoms with Gasteiger partial charge in [0.2, 0.25) is 0 Å². The van der Waals surface area contributed by atoms with Crippen LogP contribution in [0.5, 0.6) is 0 Å². The number of nitrogens with zero attached hydrogens (tertiary/aromatic N) is 1. The van der Waals surface area contributed by atoms with Crippen LogP contribution in [-0.4, -0.2) is 44.5 Å². The van der Waals surface area contributed by atoms with Crippen LogP contribution in [0.15, 0.2) is 18.2 Å². The van der Waals surface area contributed by atoms with Crippen molar-refractivity contribution in [1.82, 2.24) is 4.90 Å². The van der Waals surface area contributed by atoms with E-state index in [1.165, 1.54) is 16.7 Å². The number of likely N-dealkylation sites (N-methyl/N-ethyl adjacent to an activating group) is 1. The van der Waals surface area contributed by atoms with Gasteiger partial charge in [-0.05, 0) is 44.0 Å². The predicted molar refractivity (Wildman–Crippen MR) is 82.5 cm³/mol. The Kier molecular flexibility index (Phi) is 4.52. The standard InChI is InChI=1S/C15H24N2O2S/c1-11-5-4-6-12(2)15(11)14(9-16)17(3)13-7-8-20(18,19)10-13/h4-6,13-14H,7-10,16H2,1-3H3. The van der Waals surface area contributed by atoms with Crippen molar-refractivity contribution in [2.75, 3.05) is 25.1 Å². The van der Waals surface area contributed by atoms with Crippen molar-refractivity contribution in [1.29, 1.82) is 0 Å². The molecule has 1 aromatic carbocycles. The second-order valence-corrected chi connectivity index (χ2v) is 8.01. The lowest BCUT2D eigenvalue weighted by molar-refractivity contribution is 0.191. The Morgan fingerprint density at radius 3 is 2.40 bits per heavy atom. The Morgan fingerprint density at radius 2 is 1.95 bits per heavy atom. The Bertz CT molecular complexity index is 563. The predicted octanol–water partition coefficient (Wildman–Crippen LogP) is 1.42. The van der Waals surface area contributed by atoms with Crippen LogP contribution in [-0.2, 0) is 9.84 Å². The molecule has 2 unspecified atom stereocenters. The molecule has 0 radical (unpaired) electrons. The summed E-state index contributed by atoms with van der Waals surface area (Å²) in [5, 5.41) is 0. The Morgan fingerprint density at radius 1 is 1.35 bits per heavy atom. The summed E-state index contributed by atoms with van der Waals surface area (Å²) >= 11 is 0. The highest BCUT2D eigenvalue weighted by molar-refractivity contribution is 7.91. The average Bonchev–Trinajstić information content (AvgIpc) is 2.74. The number of nitrogens with two attached hydrogens (primary N) is 1. The fourth-order valence-corrected chi connectivity index (χ4v) is 4.98. The average molecular weight is 296 g/mol. The zero-order chi connectivity index (χ0) is 14.9. The van der Waals surface area contributed by atoms with Crippen molar-refractivity contribution in [3.05, 3.63) is 34.9 Å². The molecule has 0 saturated carbocycles. The third kappa shape index (κ3) is 3.05. The first-order chi connectivity index (χ1) is 9.35. The van der Waals surface area contributed by atoms with Crippen molar-refractivity contribution in [3.8, 4) is 0 Å². The van der Waals surface area contributed by atoms with E-state index in [1.54, 1.807) is 0 Å². The third-order valence-electron chi connectivity index (χ3n) is 4.37. The number of aryl methyl sites for hydroxylation is 2. The molecule has 20 heavy (non-hydrogen) atoms. The monoisotopic (exact) mass is 296 g/mol. The SMILES string of the molecule is Cc1cccc(C)c1C(CN)N(C)C1CCS(=O)(=O)C1. The van der Waals surface area contributed by atoms with E-state index in [0.717, 1.165) is 0 Å². The smallest absolute Gasteiger partial charge is 0.151 e. The minimum atomic E-state index is -2.87. The lowest BCUT2D eigenvalue weighted by Crippen LogP contribution is -2.40. The summed E-state index contributed by atoms with van der Waals surface area (Å²) in [5.74, 6) is 0.553. The summed E-state index contributed by atoms with van der Waals surface area (Å²) in [5.41, 5.74) is 9.66. The second-order valence-electron chi connectivity index (χ2n) is 5.78. The molecule has 1 aromatic rings. The van der Waals surface area contributed by atoms with Crippen LogP contribution in [0.4, 0.5) is 0 Å². The van der Waals surface area contributed by atoms with Crippen LogP contribution >= 0.6 is 0 Å². The van der Waals surface area contributed by atoms with Gasteiger partial charge in [-0.2, -0.15) is 0 Å². The van der Waals surface area contributed by atoms with Crippen molar-refractivity contribution in [3.63, 3.8) is 0 Å². The summed E-state index contributed by atoms with van der Waals surface area (Å²) < 4.78 is 23.3. The minimum absolute atomic E-state index is 0.0764. The van der Waals surface area contributed by atoms with Crippen molar-refractivity contribution >= 4 is 9.84 Å². The summed E-state index contributed by atoms with van der Waals surface area (Å²) in [6.45, 7) is 4.67. The van der Waals surface area contributed by atoms with Gasteiger partial charge in [0, 0.05) is 18.6 Å². The molecular formula is C15H24N2O2S. The molecule has 0 bridgehead atoms. The summed E-state index contributed by atoms with van der Waals surface area (Å²) in [6.07, 6.45) is 0.709. The van der Waals surface area contributed by atoms with Gasteiger partial charge in [0.1, 0.15) is 0 Å². The van der Waals surface area contributed by atoms with Crippen molar-refractivity contribution in [2.45, 2.75) is 32.4 Å². The molecule has 4 nitrogen and oxygen atoms in total. The van der Waals surface area contributed by atoms with E-state index in [-0.39, 0.29) is 17.8 Å². The summed E-state index contributed by atoms with van der Waals surface area (Å²) in [4.78, 5) is 2.15. The van der Waals surface area contributed by atoms with E-state index in [0.29, 0.717) is 18.7 Å². The molecule has 1 heterocycles. The number of benzene rings is 1. The highest BCUT2D eigenvalue weighted by atomic mass is 32.2. The number of rotatable bonds is 4. The Hall–Kier alpha value is -0.910. The van der Waals surface area contributed by atoms with Crippen LogP contribution in [0, 0.1) is 13.8 Å². The number of sulfone groups is 1. The van der Waals surface area contributed by atoms with E-state index in [4.69, 9.17) is 5.73 Å². The van der Waals surface area contributed by atoms with Gasteiger partial charge in [0.15, 0.2) is 9.84 Å². The fourth-order valence-electron chi connectivity index (χ4n) is 3.19. The molecule has 0 aliphatic carbocycles. The minimum Gasteiger partial charge on any atom is -0.329 e. The normalized spacial score (nSPS) is 23.1. The number of hydrogen-bond donors (Lipinski definition) is 1. The van der Waals surface area contributed by atoms with Crippen LogP contribution in [0.1, 0.15) is 29.2 Å². The molecule has 2 rings (SSSR count). The van der Waals surface area contributed by atoms with E-state index in [9.17, 15) is 8.42 Å². The lowest BCUT2D eigenvalue weighted by Gasteiger charge is -2.33. The molecule has 1 aliphatic rings. The molecule has 5 heteroatoms. The highest BCUT2D eigenvalue weighted by Gasteiger charge is 2.34. The van der Waals surface area contributed by atoms with Crippen molar-refractivity contribution < 1.29 is 8.42 Å². The lowest BCUT2D eigenvalue weighted by atomic mass is 9.94. The molecule has 2 N–H and O–H groups in total.